The molecule has 0 saturated carbocycles. The number of hydrogen-bond donors (Lipinski definition) is 1. The first kappa shape index (κ1) is 12.4. The van der Waals surface area contributed by atoms with Crippen LogP contribution in [-0.2, 0) is 0 Å². The molecule has 0 amide bonds. The largest absolute Gasteiger partial charge is 0.493 e. The smallest absolute Gasteiger partial charge is 0.120 e. The van der Waals surface area contributed by atoms with E-state index in [0.717, 1.165) is 29.9 Å². The van der Waals surface area contributed by atoms with Crippen LogP contribution in [0.1, 0.15) is 18.4 Å². The van der Waals surface area contributed by atoms with E-state index in [1.54, 1.807) is 6.07 Å². The van der Waals surface area contributed by atoms with Crippen molar-refractivity contribution in [1.29, 1.82) is 5.26 Å². The number of benzene rings is 1. The molecule has 0 spiro atoms. The highest BCUT2D eigenvalue weighted by Gasteiger charge is 2.13. The van der Waals surface area contributed by atoms with Crippen LogP contribution in [-0.4, -0.2) is 19.7 Å². The van der Waals surface area contributed by atoms with Gasteiger partial charge in [-0.05, 0) is 53.5 Å². The fourth-order valence-electron chi connectivity index (χ4n) is 1.96. The van der Waals surface area contributed by atoms with Crippen molar-refractivity contribution >= 4 is 15.9 Å². The summed E-state index contributed by atoms with van der Waals surface area (Å²) in [7, 11) is 0. The zero-order valence-electron chi connectivity index (χ0n) is 9.58. The lowest BCUT2D eigenvalue weighted by atomic mass is 10.0. The van der Waals surface area contributed by atoms with Crippen LogP contribution >= 0.6 is 15.9 Å². The highest BCUT2D eigenvalue weighted by Crippen LogP contribution is 2.23. The maximum absolute atomic E-state index is 8.81. The molecule has 1 heterocycles. The monoisotopic (exact) mass is 294 g/mol. The topological polar surface area (TPSA) is 45.0 Å². The van der Waals surface area contributed by atoms with Crippen molar-refractivity contribution in [2.24, 2.45) is 5.92 Å². The van der Waals surface area contributed by atoms with Crippen molar-refractivity contribution in [2.75, 3.05) is 19.7 Å². The molecule has 3 nitrogen and oxygen atoms in total. The van der Waals surface area contributed by atoms with Crippen molar-refractivity contribution in [3.63, 3.8) is 0 Å². The van der Waals surface area contributed by atoms with Crippen molar-refractivity contribution in [3.8, 4) is 11.8 Å². The maximum atomic E-state index is 8.81. The molecule has 0 bridgehead atoms. The van der Waals surface area contributed by atoms with Gasteiger partial charge in [-0.1, -0.05) is 0 Å². The van der Waals surface area contributed by atoms with Crippen LogP contribution in [0.5, 0.6) is 5.75 Å². The molecule has 1 fully saturated rings. The minimum atomic E-state index is 0.596. The number of piperidine rings is 1. The standard InChI is InChI=1S/C13H15BrN2O/c14-13-6-12(4-3-11(13)7-15)17-9-10-2-1-5-16-8-10/h3-4,6,10,16H,1-2,5,8-9H2. The zero-order valence-corrected chi connectivity index (χ0v) is 11.2. The fourth-order valence-corrected chi connectivity index (χ4v) is 2.40. The summed E-state index contributed by atoms with van der Waals surface area (Å²) in [5, 5.41) is 12.2. The van der Waals surface area contributed by atoms with Gasteiger partial charge < -0.3 is 10.1 Å². The number of ether oxygens (including phenoxy) is 1. The van der Waals surface area contributed by atoms with Crippen molar-refractivity contribution in [2.45, 2.75) is 12.8 Å². The lowest BCUT2D eigenvalue weighted by Crippen LogP contribution is -2.33. The van der Waals surface area contributed by atoms with Crippen molar-refractivity contribution in [3.05, 3.63) is 28.2 Å². The molecule has 1 aromatic rings. The fraction of sp³-hybridized carbons (Fsp3) is 0.462. The quantitative estimate of drug-likeness (QED) is 0.932. The molecule has 1 aromatic carbocycles. The molecule has 1 atom stereocenters. The number of rotatable bonds is 3. The van der Waals surface area contributed by atoms with E-state index >= 15 is 0 Å². The second-order valence-electron chi connectivity index (χ2n) is 4.28. The highest BCUT2D eigenvalue weighted by molar-refractivity contribution is 9.10. The van der Waals surface area contributed by atoms with Gasteiger partial charge >= 0.3 is 0 Å². The number of nitrogens with one attached hydrogen (secondary N) is 1. The Balaban J connectivity index is 1.90. The van der Waals surface area contributed by atoms with E-state index in [0.29, 0.717) is 11.5 Å². The molecule has 1 saturated heterocycles. The van der Waals surface area contributed by atoms with Gasteiger partial charge in [0, 0.05) is 16.9 Å². The third kappa shape index (κ3) is 3.45. The van der Waals surface area contributed by atoms with Crippen LogP contribution in [0.2, 0.25) is 0 Å². The van der Waals surface area contributed by atoms with E-state index in [4.69, 9.17) is 10.00 Å². The van der Waals surface area contributed by atoms with Crippen molar-refractivity contribution < 1.29 is 4.74 Å². The molecule has 90 valence electrons. The van der Waals surface area contributed by atoms with E-state index in [-0.39, 0.29) is 0 Å². The summed E-state index contributed by atoms with van der Waals surface area (Å²) >= 11 is 3.36. The lowest BCUT2D eigenvalue weighted by Gasteiger charge is -2.22. The summed E-state index contributed by atoms with van der Waals surface area (Å²) in [6, 6.07) is 7.59. The van der Waals surface area contributed by atoms with E-state index in [1.165, 1.54) is 12.8 Å². The molecule has 1 unspecified atom stereocenters. The second kappa shape index (κ2) is 6.04. The summed E-state index contributed by atoms with van der Waals surface area (Å²) in [6.45, 7) is 2.90. The van der Waals surface area contributed by atoms with Crippen LogP contribution in [0.15, 0.2) is 22.7 Å². The molecule has 1 aliphatic heterocycles. The second-order valence-corrected chi connectivity index (χ2v) is 5.13. The molecule has 2 rings (SSSR count). The van der Waals surface area contributed by atoms with Gasteiger partial charge in [0.1, 0.15) is 11.8 Å². The molecule has 0 aliphatic carbocycles. The average Bonchev–Trinajstić information content (AvgIpc) is 2.38. The third-order valence-electron chi connectivity index (χ3n) is 2.95. The number of nitrogens with zero attached hydrogens (tertiary/aromatic N) is 1. The van der Waals surface area contributed by atoms with Gasteiger partial charge in [0.15, 0.2) is 0 Å². The van der Waals surface area contributed by atoms with E-state index < -0.39 is 0 Å². The Labute approximate surface area is 110 Å². The van der Waals surface area contributed by atoms with Gasteiger partial charge in [-0.25, -0.2) is 0 Å². The minimum absolute atomic E-state index is 0.596. The molecule has 1 aliphatic rings. The average molecular weight is 295 g/mol. The first-order chi connectivity index (χ1) is 8.29. The molecule has 17 heavy (non-hydrogen) atoms. The van der Waals surface area contributed by atoms with Gasteiger partial charge in [0.2, 0.25) is 0 Å². The molecule has 1 N–H and O–H groups in total. The first-order valence-corrected chi connectivity index (χ1v) is 6.62. The summed E-state index contributed by atoms with van der Waals surface area (Å²) in [6.07, 6.45) is 2.45. The normalized spacial score (nSPS) is 19.6. The van der Waals surface area contributed by atoms with E-state index in [1.807, 2.05) is 12.1 Å². The Bertz CT molecular complexity index is 422. The van der Waals surface area contributed by atoms with Crippen LogP contribution in [0.4, 0.5) is 0 Å². The summed E-state index contributed by atoms with van der Waals surface area (Å²) in [5.74, 6) is 1.42. The Kier molecular flexibility index (Phi) is 4.41. The predicted molar refractivity (Wildman–Crippen MR) is 69.9 cm³/mol. The van der Waals surface area contributed by atoms with Gasteiger partial charge in [-0.2, -0.15) is 5.26 Å². The lowest BCUT2D eigenvalue weighted by molar-refractivity contribution is 0.218. The Morgan fingerprint density at radius 2 is 2.41 bits per heavy atom. The summed E-state index contributed by atoms with van der Waals surface area (Å²) in [5.41, 5.74) is 0.636. The predicted octanol–water partition coefficient (Wildman–Crippen LogP) is 2.70. The van der Waals surface area contributed by atoms with Gasteiger partial charge in [0.25, 0.3) is 0 Å². The Morgan fingerprint density at radius 1 is 1.53 bits per heavy atom. The Morgan fingerprint density at radius 3 is 3.06 bits per heavy atom. The molecular weight excluding hydrogens is 280 g/mol. The van der Waals surface area contributed by atoms with Crippen LogP contribution in [0.25, 0.3) is 0 Å². The van der Waals surface area contributed by atoms with Gasteiger partial charge in [0.05, 0.1) is 12.2 Å². The molecule has 4 heteroatoms. The number of halogens is 1. The zero-order chi connectivity index (χ0) is 12.1. The minimum Gasteiger partial charge on any atom is -0.493 e. The molecule has 0 radical (unpaired) electrons. The van der Waals surface area contributed by atoms with Gasteiger partial charge in [-0.15, -0.1) is 0 Å². The van der Waals surface area contributed by atoms with Crippen LogP contribution in [0, 0.1) is 17.2 Å². The molecular formula is C13H15BrN2O. The Hall–Kier alpha value is -1.05. The number of nitriles is 1. The molecule has 0 aromatic heterocycles. The van der Waals surface area contributed by atoms with Crippen LogP contribution < -0.4 is 10.1 Å². The van der Waals surface area contributed by atoms with Crippen LogP contribution in [0.3, 0.4) is 0 Å². The van der Waals surface area contributed by atoms with E-state index in [2.05, 4.69) is 27.3 Å². The third-order valence-corrected chi connectivity index (χ3v) is 3.60. The summed E-state index contributed by atoms with van der Waals surface area (Å²) in [4.78, 5) is 0. The highest BCUT2D eigenvalue weighted by atomic mass is 79.9. The first-order valence-electron chi connectivity index (χ1n) is 5.83. The van der Waals surface area contributed by atoms with Crippen molar-refractivity contribution in [1.82, 2.24) is 5.32 Å². The number of hydrogen-bond acceptors (Lipinski definition) is 3. The maximum Gasteiger partial charge on any atom is 0.120 e. The SMILES string of the molecule is N#Cc1ccc(OCC2CCCNC2)cc1Br. The van der Waals surface area contributed by atoms with Gasteiger partial charge in [-0.3, -0.25) is 0 Å². The summed E-state index contributed by atoms with van der Waals surface area (Å²) < 4.78 is 6.54. The van der Waals surface area contributed by atoms with E-state index in [9.17, 15) is 0 Å².